The van der Waals surface area contributed by atoms with E-state index in [9.17, 15) is 14.4 Å². The lowest BCUT2D eigenvalue weighted by Crippen LogP contribution is -2.38. The molecule has 0 spiro atoms. The van der Waals surface area contributed by atoms with E-state index in [1.165, 1.54) is 0 Å². The molecule has 162 valence electrons. The first-order valence-corrected chi connectivity index (χ1v) is 9.86. The van der Waals surface area contributed by atoms with Crippen LogP contribution in [0.25, 0.3) is 21.2 Å². The molecule has 0 fully saturated rings. The maximum absolute atomic E-state index is 12.6. The molecule has 9 heteroatoms. The van der Waals surface area contributed by atoms with Crippen LogP contribution < -0.4 is 10.6 Å². The fourth-order valence-corrected chi connectivity index (χ4v) is 3.25. The van der Waals surface area contributed by atoms with Crippen molar-refractivity contribution in [2.24, 2.45) is 5.11 Å². The van der Waals surface area contributed by atoms with E-state index < -0.39 is 17.9 Å². The van der Waals surface area contributed by atoms with E-state index in [1.807, 2.05) is 36.4 Å². The number of rotatable bonds is 9. The van der Waals surface area contributed by atoms with Crippen molar-refractivity contribution in [3.05, 3.63) is 93.9 Å². The topological polar surface area (TPSA) is 144 Å². The average Bonchev–Trinajstić information content (AvgIpc) is 2.80. The van der Waals surface area contributed by atoms with Crippen molar-refractivity contribution >= 4 is 28.6 Å². The molecule has 3 aromatic carbocycles. The van der Waals surface area contributed by atoms with Gasteiger partial charge in [0.15, 0.2) is 0 Å². The van der Waals surface area contributed by atoms with Gasteiger partial charge in [-0.1, -0.05) is 53.6 Å². The minimum Gasteiger partial charge on any atom is -0.481 e. The fraction of sp³-hybridized carbons (Fsp3) is 0.174. The van der Waals surface area contributed by atoms with Gasteiger partial charge in [-0.3, -0.25) is 14.4 Å². The number of carbonyl (C=O) groups excluding carboxylic acids is 2. The van der Waals surface area contributed by atoms with Crippen LogP contribution in [0.5, 0.6) is 0 Å². The number of hydrogen-bond donors (Lipinski definition) is 3. The highest BCUT2D eigenvalue weighted by atomic mass is 16.4. The summed E-state index contributed by atoms with van der Waals surface area (Å²) in [7, 11) is 0. The smallest absolute Gasteiger partial charge is 0.305 e. The summed E-state index contributed by atoms with van der Waals surface area (Å²) < 4.78 is 0. The molecule has 3 N–H and O–H groups in total. The van der Waals surface area contributed by atoms with Gasteiger partial charge in [-0.2, -0.15) is 0 Å². The summed E-state index contributed by atoms with van der Waals surface area (Å²) >= 11 is 0. The molecule has 9 nitrogen and oxygen atoms in total. The van der Waals surface area contributed by atoms with Gasteiger partial charge in [-0.25, -0.2) is 0 Å². The minimum atomic E-state index is -1.11. The number of carboxylic acids is 1. The van der Waals surface area contributed by atoms with Gasteiger partial charge in [0.05, 0.1) is 6.42 Å². The molecule has 2 amide bonds. The molecular weight excluding hydrogens is 410 g/mol. The Morgan fingerprint density at radius 2 is 1.69 bits per heavy atom. The molecule has 0 saturated heterocycles. The first kappa shape index (κ1) is 22.3. The molecule has 32 heavy (non-hydrogen) atoms. The Morgan fingerprint density at radius 3 is 2.41 bits per heavy atom. The maximum atomic E-state index is 12.6. The molecule has 0 saturated carbocycles. The summed E-state index contributed by atoms with van der Waals surface area (Å²) in [4.78, 5) is 38.5. The van der Waals surface area contributed by atoms with Crippen molar-refractivity contribution in [2.45, 2.75) is 19.0 Å². The van der Waals surface area contributed by atoms with Crippen LogP contribution >= 0.6 is 0 Å². The van der Waals surface area contributed by atoms with Crippen LogP contribution in [0.15, 0.2) is 71.8 Å². The van der Waals surface area contributed by atoms with Crippen LogP contribution in [0.2, 0.25) is 0 Å². The Labute approximate surface area is 183 Å². The third kappa shape index (κ3) is 5.84. The standard InChI is InChI=1S/C23H21N5O4/c24-28-26-14-18(12-21(29)30)27-22(31)17-10-8-15(9-11-17)13-25-23(32)20-7-3-5-16-4-1-2-6-19(16)20/h1-11,18H,12-14H2,(H,25,32)(H,27,31)(H,29,30)/t18-/m0/s1. The van der Waals surface area contributed by atoms with Crippen molar-refractivity contribution < 1.29 is 19.5 Å². The number of azide groups is 1. The number of carbonyl (C=O) groups is 3. The monoisotopic (exact) mass is 431 g/mol. The highest BCUT2D eigenvalue weighted by Gasteiger charge is 2.16. The second kappa shape index (κ2) is 10.6. The molecule has 0 radical (unpaired) electrons. The molecular formula is C23H21N5O4. The van der Waals surface area contributed by atoms with Gasteiger partial charge in [0.1, 0.15) is 0 Å². The third-order valence-corrected chi connectivity index (χ3v) is 4.82. The predicted octanol–water partition coefficient (Wildman–Crippen LogP) is 3.65. The molecule has 0 unspecified atom stereocenters. The van der Waals surface area contributed by atoms with Gasteiger partial charge in [0.2, 0.25) is 0 Å². The zero-order valence-electron chi connectivity index (χ0n) is 17.1. The van der Waals surface area contributed by atoms with Crippen molar-refractivity contribution in [2.75, 3.05) is 6.54 Å². The number of hydrogen-bond acceptors (Lipinski definition) is 4. The van der Waals surface area contributed by atoms with E-state index in [0.29, 0.717) is 11.1 Å². The molecule has 3 rings (SSSR count). The van der Waals surface area contributed by atoms with Crippen LogP contribution in [0, 0.1) is 0 Å². The minimum absolute atomic E-state index is 0.160. The number of carboxylic acid groups (broad SMARTS) is 1. The number of benzene rings is 3. The Kier molecular flexibility index (Phi) is 7.40. The van der Waals surface area contributed by atoms with E-state index in [-0.39, 0.29) is 25.4 Å². The van der Waals surface area contributed by atoms with Crippen molar-refractivity contribution in [3.63, 3.8) is 0 Å². The van der Waals surface area contributed by atoms with Gasteiger partial charge < -0.3 is 15.7 Å². The zero-order valence-corrected chi connectivity index (χ0v) is 17.1. The Balaban J connectivity index is 1.61. The van der Waals surface area contributed by atoms with Gasteiger partial charge in [-0.15, -0.1) is 0 Å². The average molecular weight is 431 g/mol. The summed E-state index contributed by atoms with van der Waals surface area (Å²) in [6.45, 7) is 0.120. The van der Waals surface area contributed by atoms with E-state index in [4.69, 9.17) is 10.6 Å². The van der Waals surface area contributed by atoms with E-state index >= 15 is 0 Å². The molecule has 3 aromatic rings. The SMILES string of the molecule is [N-]=[N+]=NC[C@H](CC(=O)O)NC(=O)c1ccc(CNC(=O)c2cccc3ccccc23)cc1. The number of aliphatic carboxylic acids is 1. The molecule has 0 heterocycles. The number of amides is 2. The van der Waals surface area contributed by atoms with Gasteiger partial charge in [-0.05, 0) is 40.1 Å². The van der Waals surface area contributed by atoms with Crippen LogP contribution in [-0.2, 0) is 11.3 Å². The summed E-state index contributed by atoms with van der Waals surface area (Å²) in [5, 5.41) is 19.6. The first-order valence-electron chi connectivity index (χ1n) is 9.86. The maximum Gasteiger partial charge on any atom is 0.305 e. The Hall–Kier alpha value is -4.36. The second-order valence-electron chi connectivity index (χ2n) is 7.09. The van der Waals surface area contributed by atoms with E-state index in [2.05, 4.69) is 20.7 Å². The third-order valence-electron chi connectivity index (χ3n) is 4.82. The number of fused-ring (bicyclic) bond motifs is 1. The van der Waals surface area contributed by atoms with Crippen LogP contribution in [0.3, 0.4) is 0 Å². The van der Waals surface area contributed by atoms with Crippen LogP contribution in [-0.4, -0.2) is 35.5 Å². The molecule has 0 aliphatic heterocycles. The summed E-state index contributed by atoms with van der Waals surface area (Å²) in [5.41, 5.74) is 10.1. The Morgan fingerprint density at radius 1 is 0.969 bits per heavy atom. The van der Waals surface area contributed by atoms with Gasteiger partial charge >= 0.3 is 5.97 Å². The first-order chi connectivity index (χ1) is 15.5. The van der Waals surface area contributed by atoms with E-state index in [0.717, 1.165) is 16.3 Å². The molecule has 0 bridgehead atoms. The summed E-state index contributed by atoms with van der Waals surface area (Å²) in [5.74, 6) is -1.78. The molecule has 0 aromatic heterocycles. The number of nitrogens with zero attached hydrogens (tertiary/aromatic N) is 3. The van der Waals surface area contributed by atoms with Crippen molar-refractivity contribution in [3.8, 4) is 0 Å². The highest BCUT2D eigenvalue weighted by Crippen LogP contribution is 2.18. The van der Waals surface area contributed by atoms with Gasteiger partial charge in [0, 0.05) is 35.2 Å². The quantitative estimate of drug-likeness (QED) is 0.270. The molecule has 1 atom stereocenters. The molecule has 0 aliphatic carbocycles. The van der Waals surface area contributed by atoms with Crippen LogP contribution in [0.1, 0.15) is 32.7 Å². The summed E-state index contributed by atoms with van der Waals surface area (Å²) in [6, 6.07) is 19.0. The predicted molar refractivity (Wildman–Crippen MR) is 119 cm³/mol. The zero-order chi connectivity index (χ0) is 22.9. The molecule has 0 aliphatic rings. The fourth-order valence-electron chi connectivity index (χ4n) is 3.25. The van der Waals surface area contributed by atoms with Crippen LogP contribution in [0.4, 0.5) is 0 Å². The normalized spacial score (nSPS) is 11.2. The number of nitrogens with one attached hydrogen (secondary N) is 2. The van der Waals surface area contributed by atoms with Crippen molar-refractivity contribution in [1.29, 1.82) is 0 Å². The summed E-state index contributed by atoms with van der Waals surface area (Å²) in [6.07, 6.45) is -0.358. The largest absolute Gasteiger partial charge is 0.481 e. The Bertz CT molecular complexity index is 1180. The van der Waals surface area contributed by atoms with Gasteiger partial charge in [0.25, 0.3) is 11.8 Å². The lowest BCUT2D eigenvalue weighted by atomic mass is 10.0. The van der Waals surface area contributed by atoms with E-state index in [1.54, 1.807) is 30.3 Å². The second-order valence-corrected chi connectivity index (χ2v) is 7.09. The lowest BCUT2D eigenvalue weighted by Gasteiger charge is -2.14. The lowest BCUT2D eigenvalue weighted by molar-refractivity contribution is -0.137. The van der Waals surface area contributed by atoms with Crippen molar-refractivity contribution in [1.82, 2.24) is 10.6 Å². The highest BCUT2D eigenvalue weighted by molar-refractivity contribution is 6.07.